The second-order valence-electron chi connectivity index (χ2n) is 4.95. The molecular weight excluding hydrogens is 422 g/mol. The van der Waals surface area contributed by atoms with Crippen LogP contribution in [0.25, 0.3) is 22.1 Å². The van der Waals surface area contributed by atoms with Gasteiger partial charge in [-0.15, -0.1) is 0 Å². The zero-order valence-corrected chi connectivity index (χ0v) is 15.5. The first-order chi connectivity index (χ1) is 11.6. The van der Waals surface area contributed by atoms with Gasteiger partial charge in [-0.25, -0.2) is 0 Å². The molecule has 0 atom stereocenters. The molecule has 1 heterocycles. The van der Waals surface area contributed by atoms with E-state index >= 15 is 0 Å². The minimum absolute atomic E-state index is 0.00906. The molecule has 7 heteroatoms. The van der Waals surface area contributed by atoms with Crippen LogP contribution in [0.2, 0.25) is 0 Å². The van der Waals surface area contributed by atoms with Crippen molar-refractivity contribution in [3.05, 3.63) is 46.8 Å². The maximum absolute atomic E-state index is 12.8. The normalized spacial score (nSPS) is 10.9. The van der Waals surface area contributed by atoms with Gasteiger partial charge in [0, 0.05) is 0 Å². The zero-order chi connectivity index (χ0) is 17.3. The molecule has 2 N–H and O–H groups in total. The van der Waals surface area contributed by atoms with E-state index in [1.165, 1.54) is 31.6 Å². The van der Waals surface area contributed by atoms with Gasteiger partial charge in [-0.1, -0.05) is 0 Å². The van der Waals surface area contributed by atoms with Crippen LogP contribution in [0.4, 0.5) is 0 Å². The fourth-order valence-corrected chi connectivity index (χ4v) is 4.13. The zero-order valence-electron chi connectivity index (χ0n) is 12.9. The Kier molecular flexibility index (Phi) is 4.69. The van der Waals surface area contributed by atoms with Gasteiger partial charge in [0.05, 0.1) is 0 Å². The Hall–Kier alpha value is -2.17. The number of hydrogen-bond acceptors (Lipinski definition) is 6. The van der Waals surface area contributed by atoms with Gasteiger partial charge in [-0.3, -0.25) is 0 Å². The Bertz CT molecular complexity index is 963. The van der Waals surface area contributed by atoms with E-state index in [1.807, 2.05) is 0 Å². The summed E-state index contributed by atoms with van der Waals surface area (Å²) in [6.45, 7) is 0. The summed E-state index contributed by atoms with van der Waals surface area (Å²) in [5.41, 5.74) is 1.04. The summed E-state index contributed by atoms with van der Waals surface area (Å²) < 4.78 is 16.5. The van der Waals surface area contributed by atoms with Crippen LogP contribution in [0.3, 0.4) is 0 Å². The van der Waals surface area contributed by atoms with Crippen LogP contribution < -0.4 is 13.7 Å². The van der Waals surface area contributed by atoms with Crippen molar-refractivity contribution in [3.63, 3.8) is 0 Å². The van der Waals surface area contributed by atoms with Gasteiger partial charge >= 0.3 is 148 Å². The quantitative estimate of drug-likeness (QED) is 0.607. The Morgan fingerprint density at radius 1 is 1.08 bits per heavy atom. The molecule has 0 fully saturated rings. The topological polar surface area (TPSA) is 89.1 Å². The van der Waals surface area contributed by atoms with E-state index < -0.39 is 22.0 Å². The van der Waals surface area contributed by atoms with Gasteiger partial charge in [-0.05, 0) is 0 Å². The molecule has 1 radical (unpaired) electrons. The molecule has 0 amide bonds. The molecule has 0 aliphatic heterocycles. The van der Waals surface area contributed by atoms with Gasteiger partial charge in [0.25, 0.3) is 0 Å². The molecule has 6 nitrogen and oxygen atoms in total. The predicted octanol–water partition coefficient (Wildman–Crippen LogP) is 1.77. The van der Waals surface area contributed by atoms with Gasteiger partial charge in [-0.2, -0.15) is 0 Å². The van der Waals surface area contributed by atoms with Crippen molar-refractivity contribution in [2.24, 2.45) is 0 Å². The van der Waals surface area contributed by atoms with E-state index in [1.54, 1.807) is 19.2 Å². The predicted molar refractivity (Wildman–Crippen MR) is 90.2 cm³/mol. The molecular formula is C17H14O6Sb. The molecule has 24 heavy (non-hydrogen) atoms. The summed E-state index contributed by atoms with van der Waals surface area (Å²) in [4.78, 5) is 12.8. The van der Waals surface area contributed by atoms with Crippen molar-refractivity contribution in [2.45, 2.75) is 0 Å². The number of phenolic OH excluding ortho intramolecular Hbond substituents is 2. The molecule has 0 saturated heterocycles. The first-order valence-corrected chi connectivity index (χ1v) is 9.27. The summed E-state index contributed by atoms with van der Waals surface area (Å²) in [7, 11) is 3.00. The van der Waals surface area contributed by atoms with Crippen molar-refractivity contribution in [3.8, 4) is 28.4 Å². The molecule has 0 aliphatic carbocycles. The molecule has 0 spiro atoms. The van der Waals surface area contributed by atoms with Crippen molar-refractivity contribution in [2.75, 3.05) is 14.2 Å². The van der Waals surface area contributed by atoms with Gasteiger partial charge in [0.2, 0.25) is 0 Å². The summed E-state index contributed by atoms with van der Waals surface area (Å²) >= 11 is -1.30. The second-order valence-corrected chi connectivity index (χ2v) is 7.79. The third kappa shape index (κ3) is 2.83. The average molecular weight is 436 g/mol. The molecule has 1 aromatic heterocycles. The Labute approximate surface area is 148 Å². The van der Waals surface area contributed by atoms with E-state index in [2.05, 4.69) is 0 Å². The van der Waals surface area contributed by atoms with E-state index in [4.69, 9.17) is 12.2 Å². The first-order valence-electron chi connectivity index (χ1n) is 6.96. The van der Waals surface area contributed by atoms with Gasteiger partial charge < -0.3 is 0 Å². The van der Waals surface area contributed by atoms with Crippen LogP contribution in [0, 0.1) is 0 Å². The SMILES string of the molecule is C[O][Sb][c]1c(O)ccc2c(=O)c(-c3ccc(O)c(OC)c3)coc12. The van der Waals surface area contributed by atoms with Crippen molar-refractivity contribution >= 4 is 36.5 Å². The second kappa shape index (κ2) is 6.75. The fourth-order valence-electron chi connectivity index (χ4n) is 2.40. The number of hydrogen-bond donors (Lipinski definition) is 2. The third-order valence-corrected chi connectivity index (χ3v) is 5.84. The summed E-state index contributed by atoms with van der Waals surface area (Å²) in [5, 5.41) is 20.0. The number of benzene rings is 2. The Morgan fingerprint density at radius 2 is 1.83 bits per heavy atom. The standard InChI is InChI=1S/C16H11O5.CH3O.Sb/c1-20-15-6-9(2-5-13(15)18)12-8-21-14-7-10(17)3-4-11(14)16(12)19;1-2;/h2-6,8,17-18H,1H3;1H3;/q;-1;+1. The number of rotatable bonds is 4. The molecule has 0 bridgehead atoms. The molecule has 3 aromatic rings. The summed E-state index contributed by atoms with van der Waals surface area (Å²) in [6, 6.07) is 7.65. The third-order valence-electron chi connectivity index (χ3n) is 3.57. The van der Waals surface area contributed by atoms with E-state index in [0.29, 0.717) is 25.6 Å². The molecule has 0 saturated carbocycles. The van der Waals surface area contributed by atoms with Gasteiger partial charge in [0.15, 0.2) is 0 Å². The summed E-state index contributed by atoms with van der Waals surface area (Å²) in [6.07, 6.45) is 1.35. The minimum atomic E-state index is -1.30. The van der Waals surface area contributed by atoms with Gasteiger partial charge in [0.1, 0.15) is 0 Å². The van der Waals surface area contributed by atoms with E-state index in [9.17, 15) is 15.0 Å². The van der Waals surface area contributed by atoms with Crippen LogP contribution >= 0.6 is 0 Å². The van der Waals surface area contributed by atoms with Crippen LogP contribution in [0.15, 0.2) is 45.8 Å². The van der Waals surface area contributed by atoms with E-state index in [-0.39, 0.29) is 22.7 Å². The number of ether oxygens (including phenoxy) is 1. The number of aromatic hydroxyl groups is 2. The van der Waals surface area contributed by atoms with Crippen LogP contribution in [0.5, 0.6) is 17.2 Å². The monoisotopic (exact) mass is 435 g/mol. The van der Waals surface area contributed by atoms with Crippen molar-refractivity contribution in [1.29, 1.82) is 0 Å². The number of methoxy groups -OCH3 is 1. The molecule has 0 unspecified atom stereocenters. The molecule has 0 aliphatic rings. The van der Waals surface area contributed by atoms with Crippen molar-refractivity contribution in [1.82, 2.24) is 0 Å². The van der Waals surface area contributed by atoms with Crippen LogP contribution in [-0.2, 0) is 3.02 Å². The fraction of sp³-hybridized carbons (Fsp3) is 0.118. The Balaban J connectivity index is 2.23. The summed E-state index contributed by atoms with van der Waals surface area (Å²) in [5.74, 6) is 0.333. The number of fused-ring (bicyclic) bond motifs is 1. The van der Waals surface area contributed by atoms with Crippen LogP contribution in [0.1, 0.15) is 0 Å². The average Bonchev–Trinajstić information content (AvgIpc) is 2.58. The van der Waals surface area contributed by atoms with Crippen molar-refractivity contribution < 1.29 is 22.4 Å². The first kappa shape index (κ1) is 16.7. The number of phenols is 2. The molecule has 2 aromatic carbocycles. The Morgan fingerprint density at radius 3 is 2.54 bits per heavy atom. The van der Waals surface area contributed by atoms with Crippen LogP contribution in [-0.4, -0.2) is 46.5 Å². The van der Waals surface area contributed by atoms with E-state index in [0.717, 1.165) is 0 Å². The maximum atomic E-state index is 12.8. The molecule has 123 valence electrons. The molecule has 3 rings (SSSR count).